The maximum atomic E-state index is 12.5. The summed E-state index contributed by atoms with van der Waals surface area (Å²) in [6, 6.07) is 3.84. The molecule has 0 saturated carbocycles. The van der Waals surface area contributed by atoms with Gasteiger partial charge in [-0.15, -0.1) is 0 Å². The van der Waals surface area contributed by atoms with Crippen molar-refractivity contribution in [2.45, 2.75) is 23.8 Å². The van der Waals surface area contributed by atoms with Crippen molar-refractivity contribution in [2.75, 3.05) is 11.5 Å². The number of aromatic amines is 2. The number of sulfonamides is 1. The lowest BCUT2D eigenvalue weighted by molar-refractivity contribution is 0.462. The Morgan fingerprint density at radius 2 is 1.75 bits per heavy atom. The zero-order valence-electron chi connectivity index (χ0n) is 12.6. The monoisotopic (exact) mass is 373 g/mol. The van der Waals surface area contributed by atoms with Gasteiger partial charge in [-0.1, -0.05) is 0 Å². The van der Waals surface area contributed by atoms with Gasteiger partial charge in [0.2, 0.25) is 10.0 Å². The Morgan fingerprint density at radius 3 is 2.33 bits per heavy atom. The van der Waals surface area contributed by atoms with Crippen molar-refractivity contribution in [1.29, 1.82) is 0 Å². The molecule has 2 aromatic rings. The van der Waals surface area contributed by atoms with E-state index in [1.807, 2.05) is 0 Å². The molecule has 1 atom stereocenters. The summed E-state index contributed by atoms with van der Waals surface area (Å²) >= 11 is 0. The Balaban J connectivity index is 2.01. The van der Waals surface area contributed by atoms with Crippen LogP contribution in [0.2, 0.25) is 0 Å². The van der Waals surface area contributed by atoms with Crippen molar-refractivity contribution in [3.05, 3.63) is 38.9 Å². The molecular weight excluding hydrogens is 358 g/mol. The molecule has 2 heterocycles. The van der Waals surface area contributed by atoms with Gasteiger partial charge in [0.25, 0.3) is 0 Å². The lowest BCUT2D eigenvalue weighted by Gasteiger charge is -2.23. The quantitative estimate of drug-likeness (QED) is 0.593. The van der Waals surface area contributed by atoms with Crippen LogP contribution in [-0.4, -0.2) is 43.8 Å². The third kappa shape index (κ3) is 3.14. The van der Waals surface area contributed by atoms with Crippen molar-refractivity contribution in [3.63, 3.8) is 0 Å². The molecule has 9 nitrogen and oxygen atoms in total. The second kappa shape index (κ2) is 5.26. The first kappa shape index (κ1) is 16.9. The molecule has 11 heteroatoms. The fourth-order valence-electron chi connectivity index (χ4n) is 2.74. The number of H-pyrrole nitrogens is 2. The number of nitrogens with one attached hydrogen (secondary N) is 3. The first-order valence-corrected chi connectivity index (χ1v) is 10.3. The van der Waals surface area contributed by atoms with Gasteiger partial charge in [0.05, 0.1) is 27.4 Å². The van der Waals surface area contributed by atoms with Crippen LogP contribution in [0.3, 0.4) is 0 Å². The van der Waals surface area contributed by atoms with E-state index in [2.05, 4.69) is 14.7 Å². The minimum atomic E-state index is -4.00. The summed E-state index contributed by atoms with van der Waals surface area (Å²) in [6.45, 7) is 1.54. The van der Waals surface area contributed by atoms with E-state index in [0.29, 0.717) is 0 Å². The maximum Gasteiger partial charge on any atom is 0.314 e. The molecule has 1 unspecified atom stereocenters. The molecule has 3 rings (SSSR count). The van der Waals surface area contributed by atoms with Crippen molar-refractivity contribution in [2.24, 2.45) is 0 Å². The highest BCUT2D eigenvalue weighted by Gasteiger charge is 2.41. The second-order valence-corrected chi connectivity index (χ2v) is 9.99. The first-order valence-electron chi connectivity index (χ1n) is 7.01. The van der Waals surface area contributed by atoms with E-state index in [1.54, 1.807) is 0 Å². The van der Waals surface area contributed by atoms with Gasteiger partial charge in [-0.25, -0.2) is 21.6 Å². The van der Waals surface area contributed by atoms with E-state index < -0.39 is 36.5 Å². The van der Waals surface area contributed by atoms with Crippen LogP contribution in [-0.2, 0) is 19.9 Å². The molecule has 1 aromatic heterocycles. The fourth-order valence-corrected chi connectivity index (χ4v) is 6.38. The fraction of sp³-hybridized carbons (Fsp3) is 0.385. The summed E-state index contributed by atoms with van der Waals surface area (Å²) in [7, 11) is -7.26. The summed E-state index contributed by atoms with van der Waals surface area (Å²) in [6.07, 6.45) is 0.187. The summed E-state index contributed by atoms with van der Waals surface area (Å²) in [5.74, 6) is -0.338. The summed E-state index contributed by atoms with van der Waals surface area (Å²) in [5.41, 5.74) is -2.36. The van der Waals surface area contributed by atoms with Crippen LogP contribution in [0, 0.1) is 0 Å². The van der Waals surface area contributed by atoms with Crippen LogP contribution in [0.15, 0.2) is 32.7 Å². The molecule has 0 amide bonds. The number of fused-ring (bicyclic) bond motifs is 1. The molecule has 0 aliphatic carbocycles. The molecule has 1 aromatic carbocycles. The van der Waals surface area contributed by atoms with Crippen LogP contribution in [0.1, 0.15) is 13.3 Å². The normalized spacial score (nSPS) is 23.5. The summed E-state index contributed by atoms with van der Waals surface area (Å²) in [4.78, 5) is 27.1. The molecule has 130 valence electrons. The van der Waals surface area contributed by atoms with Crippen molar-refractivity contribution in [1.82, 2.24) is 14.7 Å². The van der Waals surface area contributed by atoms with Gasteiger partial charge in [0.1, 0.15) is 0 Å². The number of hydrogen-bond donors (Lipinski definition) is 3. The Kier molecular flexibility index (Phi) is 3.70. The highest BCUT2D eigenvalue weighted by molar-refractivity contribution is 7.92. The third-order valence-corrected chi connectivity index (χ3v) is 7.43. The van der Waals surface area contributed by atoms with Crippen molar-refractivity contribution < 1.29 is 16.8 Å². The van der Waals surface area contributed by atoms with Crippen LogP contribution in [0.4, 0.5) is 0 Å². The lowest BCUT2D eigenvalue weighted by Crippen LogP contribution is -2.46. The zero-order chi connectivity index (χ0) is 17.8. The number of benzene rings is 1. The number of aromatic nitrogens is 2. The molecule has 1 aliphatic heterocycles. The lowest BCUT2D eigenvalue weighted by atomic mass is 10.0. The predicted molar refractivity (Wildman–Crippen MR) is 87.2 cm³/mol. The molecule has 0 bridgehead atoms. The van der Waals surface area contributed by atoms with E-state index in [-0.39, 0.29) is 33.9 Å². The molecule has 3 N–H and O–H groups in total. The number of rotatable bonds is 3. The molecule has 24 heavy (non-hydrogen) atoms. The van der Waals surface area contributed by atoms with E-state index in [0.717, 1.165) is 0 Å². The Labute approximate surface area is 137 Å². The van der Waals surface area contributed by atoms with Gasteiger partial charge >= 0.3 is 11.1 Å². The van der Waals surface area contributed by atoms with Crippen molar-refractivity contribution in [3.8, 4) is 0 Å². The molecule has 1 aliphatic rings. The van der Waals surface area contributed by atoms with Crippen LogP contribution >= 0.6 is 0 Å². The maximum absolute atomic E-state index is 12.5. The standard InChI is InChI=1S/C13H15N3O6S2/c1-13(4-5-23(19,20)7-13)16-24(21,22)8-2-3-9-10(6-8)15-12(18)11(17)14-9/h2-3,6,16H,4-5,7H2,1H3,(H,14,17)(H,15,18). The largest absolute Gasteiger partial charge is 0.316 e. The van der Waals surface area contributed by atoms with E-state index in [4.69, 9.17) is 0 Å². The molecule has 0 spiro atoms. The smallest absolute Gasteiger partial charge is 0.314 e. The SMILES string of the molecule is CC1(NS(=O)(=O)c2ccc3[nH]c(=O)c(=O)[nH]c3c2)CCS(=O)(=O)C1. The highest BCUT2D eigenvalue weighted by Crippen LogP contribution is 2.25. The average molecular weight is 373 g/mol. The minimum Gasteiger partial charge on any atom is -0.316 e. The minimum absolute atomic E-state index is 0.0711. The van der Waals surface area contributed by atoms with Gasteiger partial charge in [-0.05, 0) is 31.5 Å². The van der Waals surface area contributed by atoms with E-state index in [9.17, 15) is 26.4 Å². The highest BCUT2D eigenvalue weighted by atomic mass is 32.2. The van der Waals surface area contributed by atoms with E-state index >= 15 is 0 Å². The van der Waals surface area contributed by atoms with Crippen LogP contribution in [0.25, 0.3) is 11.0 Å². The predicted octanol–water partition coefficient (Wildman–Crippen LogP) is -0.928. The zero-order valence-corrected chi connectivity index (χ0v) is 14.3. The Morgan fingerprint density at radius 1 is 1.12 bits per heavy atom. The van der Waals surface area contributed by atoms with Gasteiger partial charge in [0, 0.05) is 5.54 Å². The number of sulfone groups is 1. The van der Waals surface area contributed by atoms with Gasteiger partial charge in [-0.3, -0.25) is 9.59 Å². The topological polar surface area (TPSA) is 146 Å². The Hall–Kier alpha value is -1.98. The Bertz CT molecular complexity index is 1150. The van der Waals surface area contributed by atoms with Crippen LogP contribution in [0.5, 0.6) is 0 Å². The first-order chi connectivity index (χ1) is 11.0. The van der Waals surface area contributed by atoms with Crippen LogP contribution < -0.4 is 15.8 Å². The van der Waals surface area contributed by atoms with Gasteiger partial charge < -0.3 is 9.97 Å². The molecule has 1 saturated heterocycles. The average Bonchev–Trinajstić information content (AvgIpc) is 2.72. The second-order valence-electron chi connectivity index (χ2n) is 6.12. The molecular formula is C13H15N3O6S2. The number of hydrogen-bond acceptors (Lipinski definition) is 6. The third-order valence-electron chi connectivity index (χ3n) is 3.89. The van der Waals surface area contributed by atoms with E-state index in [1.165, 1.54) is 25.1 Å². The molecule has 1 fully saturated rings. The summed E-state index contributed by atoms with van der Waals surface area (Å²) in [5, 5.41) is 0. The summed E-state index contributed by atoms with van der Waals surface area (Å²) < 4.78 is 50.7. The van der Waals surface area contributed by atoms with Gasteiger partial charge in [0.15, 0.2) is 9.84 Å². The van der Waals surface area contributed by atoms with Gasteiger partial charge in [-0.2, -0.15) is 0 Å². The molecule has 0 radical (unpaired) electrons. The van der Waals surface area contributed by atoms with Crippen molar-refractivity contribution >= 4 is 30.9 Å².